The Balaban J connectivity index is 1.83. The van der Waals surface area contributed by atoms with Crippen LogP contribution in [0.15, 0.2) is 60.7 Å². The third-order valence-corrected chi connectivity index (χ3v) is 2.99. The third kappa shape index (κ3) is 4.18. The average molecular weight is 252 g/mol. The summed E-state index contributed by atoms with van der Waals surface area (Å²) in [5, 5.41) is 0. The van der Waals surface area contributed by atoms with E-state index in [-0.39, 0.29) is 18.0 Å². The summed E-state index contributed by atoms with van der Waals surface area (Å²) in [6.45, 7) is 0. The maximum atomic E-state index is 11.8. The van der Waals surface area contributed by atoms with Crippen molar-refractivity contribution in [2.75, 3.05) is 0 Å². The van der Waals surface area contributed by atoms with Crippen LogP contribution in [0.2, 0.25) is 0 Å². The number of aryl methyl sites for hydroxylation is 1. The lowest BCUT2D eigenvalue weighted by Gasteiger charge is -2.02. The Labute approximate surface area is 113 Å². The second-order valence-corrected chi connectivity index (χ2v) is 4.49. The Morgan fingerprint density at radius 2 is 1.37 bits per heavy atom. The van der Waals surface area contributed by atoms with Gasteiger partial charge in [-0.05, 0) is 12.0 Å². The molecular formula is C17H16O2. The van der Waals surface area contributed by atoms with E-state index in [4.69, 9.17) is 0 Å². The van der Waals surface area contributed by atoms with Crippen molar-refractivity contribution in [3.8, 4) is 0 Å². The average Bonchev–Trinajstić information content (AvgIpc) is 2.47. The van der Waals surface area contributed by atoms with Crippen LogP contribution in [0.25, 0.3) is 0 Å². The minimum Gasteiger partial charge on any atom is -0.299 e. The Morgan fingerprint density at radius 3 is 2.00 bits per heavy atom. The van der Waals surface area contributed by atoms with Crippen LogP contribution in [0.1, 0.15) is 28.8 Å². The predicted molar refractivity (Wildman–Crippen MR) is 75.2 cm³/mol. The zero-order chi connectivity index (χ0) is 13.5. The normalized spacial score (nSPS) is 10.1. The Hall–Kier alpha value is -2.22. The van der Waals surface area contributed by atoms with E-state index < -0.39 is 0 Å². The highest BCUT2D eigenvalue weighted by Crippen LogP contribution is 2.07. The van der Waals surface area contributed by atoms with Gasteiger partial charge in [-0.25, -0.2) is 0 Å². The van der Waals surface area contributed by atoms with Crippen molar-refractivity contribution in [2.24, 2.45) is 0 Å². The molecule has 0 amide bonds. The number of ketones is 2. The number of hydrogen-bond acceptors (Lipinski definition) is 2. The van der Waals surface area contributed by atoms with Gasteiger partial charge in [0.15, 0.2) is 5.78 Å². The summed E-state index contributed by atoms with van der Waals surface area (Å²) in [7, 11) is 0. The van der Waals surface area contributed by atoms with E-state index in [1.807, 2.05) is 48.5 Å². The smallest absolute Gasteiger partial charge is 0.170 e. The van der Waals surface area contributed by atoms with E-state index >= 15 is 0 Å². The lowest BCUT2D eigenvalue weighted by Crippen LogP contribution is -2.08. The Kier molecular flexibility index (Phi) is 4.62. The minimum absolute atomic E-state index is 0.00212. The maximum absolute atomic E-state index is 11.8. The molecule has 0 aromatic heterocycles. The molecule has 2 rings (SSSR count). The van der Waals surface area contributed by atoms with Gasteiger partial charge in [0.25, 0.3) is 0 Å². The lowest BCUT2D eigenvalue weighted by molar-refractivity contribution is -0.118. The van der Waals surface area contributed by atoms with E-state index in [9.17, 15) is 9.59 Å². The summed E-state index contributed by atoms with van der Waals surface area (Å²) >= 11 is 0. The van der Waals surface area contributed by atoms with Crippen molar-refractivity contribution in [1.82, 2.24) is 0 Å². The van der Waals surface area contributed by atoms with Crippen LogP contribution in [0.5, 0.6) is 0 Å². The second-order valence-electron chi connectivity index (χ2n) is 4.49. The van der Waals surface area contributed by atoms with Crippen LogP contribution in [-0.2, 0) is 11.2 Å². The molecular weight excluding hydrogens is 236 g/mol. The number of carbonyl (C=O) groups excluding carboxylic acids is 2. The minimum atomic E-state index is -0.0985. The zero-order valence-electron chi connectivity index (χ0n) is 10.7. The van der Waals surface area contributed by atoms with Crippen molar-refractivity contribution >= 4 is 11.6 Å². The van der Waals surface area contributed by atoms with Crippen LogP contribution in [0.4, 0.5) is 0 Å². The molecule has 19 heavy (non-hydrogen) atoms. The first kappa shape index (κ1) is 13.2. The molecule has 0 bridgehead atoms. The Morgan fingerprint density at radius 1 is 0.789 bits per heavy atom. The van der Waals surface area contributed by atoms with Gasteiger partial charge in [-0.3, -0.25) is 9.59 Å². The standard InChI is InChI=1S/C17H16O2/c18-16(12-11-14-7-3-1-4-8-14)13-17(19)15-9-5-2-6-10-15/h1-10H,11-13H2. The lowest BCUT2D eigenvalue weighted by atomic mass is 10.0. The first-order valence-electron chi connectivity index (χ1n) is 6.39. The van der Waals surface area contributed by atoms with Gasteiger partial charge in [0.1, 0.15) is 5.78 Å². The fraction of sp³-hybridized carbons (Fsp3) is 0.176. The molecule has 0 heterocycles. The summed E-state index contributed by atoms with van der Waals surface area (Å²) in [6, 6.07) is 18.8. The third-order valence-electron chi connectivity index (χ3n) is 2.99. The largest absolute Gasteiger partial charge is 0.299 e. The molecule has 0 radical (unpaired) electrons. The van der Waals surface area contributed by atoms with Gasteiger partial charge >= 0.3 is 0 Å². The quantitative estimate of drug-likeness (QED) is 0.583. The fourth-order valence-electron chi connectivity index (χ4n) is 1.92. The molecule has 0 unspecified atom stereocenters. The number of benzene rings is 2. The molecule has 0 aliphatic heterocycles. The second kappa shape index (κ2) is 6.64. The van der Waals surface area contributed by atoms with E-state index in [1.165, 1.54) is 0 Å². The van der Waals surface area contributed by atoms with Gasteiger partial charge in [-0.2, -0.15) is 0 Å². The highest BCUT2D eigenvalue weighted by molar-refractivity contribution is 6.07. The number of hydrogen-bond donors (Lipinski definition) is 0. The van der Waals surface area contributed by atoms with Crippen molar-refractivity contribution in [3.05, 3.63) is 71.8 Å². The Bertz CT molecular complexity index is 544. The fourth-order valence-corrected chi connectivity index (χ4v) is 1.92. The van der Waals surface area contributed by atoms with E-state index in [2.05, 4.69) is 0 Å². The van der Waals surface area contributed by atoms with Gasteiger partial charge in [-0.15, -0.1) is 0 Å². The van der Waals surface area contributed by atoms with Crippen molar-refractivity contribution in [3.63, 3.8) is 0 Å². The highest BCUT2D eigenvalue weighted by Gasteiger charge is 2.11. The molecule has 2 aromatic carbocycles. The van der Waals surface area contributed by atoms with Gasteiger partial charge in [0.05, 0.1) is 6.42 Å². The molecule has 0 N–H and O–H groups in total. The summed E-state index contributed by atoms with van der Waals surface area (Å²) in [5.41, 5.74) is 1.73. The first-order valence-corrected chi connectivity index (χ1v) is 6.39. The monoisotopic (exact) mass is 252 g/mol. The predicted octanol–water partition coefficient (Wildman–Crippen LogP) is 3.46. The summed E-state index contributed by atoms with van der Waals surface area (Å²) < 4.78 is 0. The zero-order valence-corrected chi connectivity index (χ0v) is 10.7. The molecule has 0 saturated heterocycles. The van der Waals surface area contributed by atoms with Crippen LogP contribution in [0.3, 0.4) is 0 Å². The van der Waals surface area contributed by atoms with Gasteiger partial charge in [0, 0.05) is 12.0 Å². The van der Waals surface area contributed by atoms with Gasteiger partial charge in [-0.1, -0.05) is 60.7 Å². The molecule has 0 spiro atoms. The van der Waals surface area contributed by atoms with Crippen LogP contribution < -0.4 is 0 Å². The molecule has 0 aliphatic carbocycles. The van der Waals surface area contributed by atoms with Crippen LogP contribution in [0, 0.1) is 0 Å². The number of rotatable bonds is 6. The summed E-state index contributed by atoms with van der Waals surface area (Å²) in [4.78, 5) is 23.6. The highest BCUT2D eigenvalue weighted by atomic mass is 16.1. The topological polar surface area (TPSA) is 34.1 Å². The van der Waals surface area contributed by atoms with Gasteiger partial charge in [0.2, 0.25) is 0 Å². The van der Waals surface area contributed by atoms with Crippen molar-refractivity contribution in [2.45, 2.75) is 19.3 Å². The molecule has 0 atom stereocenters. The van der Waals surface area contributed by atoms with E-state index in [1.54, 1.807) is 12.1 Å². The maximum Gasteiger partial charge on any atom is 0.170 e. The van der Waals surface area contributed by atoms with E-state index in [0.29, 0.717) is 18.4 Å². The summed E-state index contributed by atoms with van der Waals surface area (Å²) in [6.07, 6.45) is 1.11. The molecule has 2 nitrogen and oxygen atoms in total. The van der Waals surface area contributed by atoms with E-state index in [0.717, 1.165) is 5.56 Å². The van der Waals surface area contributed by atoms with Crippen molar-refractivity contribution in [1.29, 1.82) is 0 Å². The molecule has 0 aliphatic rings. The molecule has 2 heteroatoms. The summed E-state index contributed by atoms with van der Waals surface area (Å²) in [5.74, 6) is -0.101. The number of carbonyl (C=O) groups is 2. The molecule has 96 valence electrons. The van der Waals surface area contributed by atoms with Crippen LogP contribution >= 0.6 is 0 Å². The SMILES string of the molecule is O=C(CCc1ccccc1)CC(=O)c1ccccc1. The molecule has 0 fully saturated rings. The van der Waals surface area contributed by atoms with Gasteiger partial charge < -0.3 is 0 Å². The molecule has 2 aromatic rings. The molecule has 0 saturated carbocycles. The first-order chi connectivity index (χ1) is 9.25. The van der Waals surface area contributed by atoms with Crippen LogP contribution in [-0.4, -0.2) is 11.6 Å². The number of Topliss-reactive ketones (excluding diaryl/α,β-unsaturated/α-hetero) is 2. The van der Waals surface area contributed by atoms with Crippen molar-refractivity contribution < 1.29 is 9.59 Å².